The summed E-state index contributed by atoms with van der Waals surface area (Å²) in [5.41, 5.74) is 0. The van der Waals surface area contributed by atoms with Crippen LogP contribution in [0.1, 0.15) is 13.3 Å². The van der Waals surface area contributed by atoms with Gasteiger partial charge >= 0.3 is 0 Å². The Balaban J connectivity index is 2.13. The van der Waals surface area contributed by atoms with E-state index in [-0.39, 0.29) is 6.10 Å². The number of epoxide rings is 1. The van der Waals surface area contributed by atoms with E-state index in [4.69, 9.17) is 20.9 Å². The summed E-state index contributed by atoms with van der Waals surface area (Å²) in [7, 11) is -2.74. The van der Waals surface area contributed by atoms with E-state index in [0.29, 0.717) is 24.4 Å². The second-order valence-corrected chi connectivity index (χ2v) is 7.13. The summed E-state index contributed by atoms with van der Waals surface area (Å²) in [6.45, 7) is 3.13. The lowest BCUT2D eigenvalue weighted by atomic mass is 10.4. The topological polar surface area (TPSA) is 38.8 Å². The summed E-state index contributed by atoms with van der Waals surface area (Å²) in [6, 6.07) is 7.06. The van der Waals surface area contributed by atoms with E-state index < -0.39 is 7.37 Å². The first-order valence-corrected chi connectivity index (χ1v) is 7.94. The van der Waals surface area contributed by atoms with Gasteiger partial charge in [0.15, 0.2) is 0 Å². The lowest BCUT2D eigenvalue weighted by Gasteiger charge is -2.17. The molecule has 5 heteroatoms. The molecule has 1 heterocycles. The van der Waals surface area contributed by atoms with E-state index in [1.165, 1.54) is 0 Å². The van der Waals surface area contributed by atoms with Gasteiger partial charge in [-0.2, -0.15) is 0 Å². The zero-order valence-corrected chi connectivity index (χ0v) is 11.4. The minimum Gasteiger partial charge on any atom is -0.371 e. The van der Waals surface area contributed by atoms with E-state index in [1.807, 2.05) is 6.92 Å². The fourth-order valence-corrected chi connectivity index (χ4v) is 3.86. The molecule has 0 saturated carbocycles. The Bertz CT molecular complexity index is 414. The van der Waals surface area contributed by atoms with Crippen LogP contribution < -0.4 is 5.30 Å². The molecule has 1 aliphatic rings. The Morgan fingerprint density at radius 2 is 2.12 bits per heavy atom. The molecule has 94 valence electrons. The minimum absolute atomic E-state index is 0.132. The molecule has 1 aromatic rings. The van der Waals surface area contributed by atoms with Crippen LogP contribution in [0.3, 0.4) is 0 Å². The van der Waals surface area contributed by atoms with Crippen molar-refractivity contribution in [1.82, 2.24) is 0 Å². The van der Waals surface area contributed by atoms with Gasteiger partial charge in [0.25, 0.3) is 0 Å². The molecule has 2 rings (SSSR count). The van der Waals surface area contributed by atoms with E-state index in [2.05, 4.69) is 0 Å². The third-order valence-corrected chi connectivity index (χ3v) is 5.55. The van der Waals surface area contributed by atoms with Crippen LogP contribution in [0.5, 0.6) is 0 Å². The molecule has 1 aliphatic heterocycles. The maximum absolute atomic E-state index is 12.7. The highest BCUT2D eigenvalue weighted by Gasteiger charge is 2.30. The van der Waals surface area contributed by atoms with Crippen LogP contribution in [-0.4, -0.2) is 25.5 Å². The van der Waals surface area contributed by atoms with Crippen LogP contribution in [0, 0.1) is 0 Å². The van der Waals surface area contributed by atoms with Crippen LogP contribution >= 0.6 is 19.0 Å². The number of rotatable bonds is 6. The standard InChI is InChI=1S/C12H16ClO3P/c1-2-7-17(14,16-9-11-8-15-11)12-5-3-10(13)4-6-12/h3-6,11H,2,7-9H2,1H3. The predicted molar refractivity (Wildman–Crippen MR) is 69.5 cm³/mol. The molecule has 0 amide bonds. The van der Waals surface area contributed by atoms with E-state index in [9.17, 15) is 4.57 Å². The number of hydrogen-bond donors (Lipinski definition) is 0. The van der Waals surface area contributed by atoms with Crippen LogP contribution in [-0.2, 0) is 13.8 Å². The summed E-state index contributed by atoms with van der Waals surface area (Å²) in [5.74, 6) is 0. The van der Waals surface area contributed by atoms with Gasteiger partial charge in [0, 0.05) is 16.5 Å². The van der Waals surface area contributed by atoms with Crippen molar-refractivity contribution in [3.63, 3.8) is 0 Å². The number of ether oxygens (including phenoxy) is 1. The molecule has 1 fully saturated rings. The maximum Gasteiger partial charge on any atom is 0.232 e. The van der Waals surface area contributed by atoms with Crippen molar-refractivity contribution in [3.8, 4) is 0 Å². The largest absolute Gasteiger partial charge is 0.371 e. The molecule has 1 aromatic carbocycles. The first-order valence-electron chi connectivity index (χ1n) is 5.75. The summed E-state index contributed by atoms with van der Waals surface area (Å²) in [6.07, 6.45) is 1.51. The highest BCUT2D eigenvalue weighted by Crippen LogP contribution is 2.47. The minimum atomic E-state index is -2.74. The molecule has 2 atom stereocenters. The van der Waals surface area contributed by atoms with Gasteiger partial charge in [-0.15, -0.1) is 0 Å². The molecular formula is C12H16ClO3P. The normalized spacial score (nSPS) is 22.1. The van der Waals surface area contributed by atoms with E-state index >= 15 is 0 Å². The first-order chi connectivity index (χ1) is 8.14. The zero-order valence-electron chi connectivity index (χ0n) is 9.77. The third-order valence-electron chi connectivity index (χ3n) is 2.61. The molecule has 0 spiro atoms. The quantitative estimate of drug-likeness (QED) is 0.591. The van der Waals surface area contributed by atoms with Gasteiger partial charge in [0.2, 0.25) is 7.37 Å². The fourth-order valence-electron chi connectivity index (χ4n) is 1.60. The van der Waals surface area contributed by atoms with Crippen molar-refractivity contribution in [2.75, 3.05) is 19.4 Å². The molecule has 0 radical (unpaired) electrons. The summed E-state index contributed by atoms with van der Waals surface area (Å²) in [4.78, 5) is 0. The molecule has 1 saturated heterocycles. The van der Waals surface area contributed by atoms with Gasteiger partial charge in [0.05, 0.1) is 13.2 Å². The Labute approximate surface area is 107 Å². The van der Waals surface area contributed by atoms with Crippen molar-refractivity contribution < 1.29 is 13.8 Å². The number of benzene rings is 1. The highest BCUT2D eigenvalue weighted by molar-refractivity contribution is 7.67. The number of hydrogen-bond acceptors (Lipinski definition) is 3. The molecular weight excluding hydrogens is 259 g/mol. The predicted octanol–water partition coefficient (Wildman–Crippen LogP) is 3.07. The lowest BCUT2D eigenvalue weighted by molar-refractivity contribution is 0.267. The van der Waals surface area contributed by atoms with Crippen molar-refractivity contribution in [2.45, 2.75) is 19.4 Å². The van der Waals surface area contributed by atoms with Gasteiger partial charge in [-0.1, -0.05) is 18.5 Å². The fraction of sp³-hybridized carbons (Fsp3) is 0.500. The second-order valence-electron chi connectivity index (χ2n) is 4.12. The van der Waals surface area contributed by atoms with Gasteiger partial charge in [-0.05, 0) is 30.7 Å². The van der Waals surface area contributed by atoms with Gasteiger partial charge in [0.1, 0.15) is 6.10 Å². The Hall–Kier alpha value is -0.340. The van der Waals surface area contributed by atoms with Gasteiger partial charge in [-0.25, -0.2) is 0 Å². The smallest absolute Gasteiger partial charge is 0.232 e. The summed E-state index contributed by atoms with van der Waals surface area (Å²) in [5, 5.41) is 1.38. The summed E-state index contributed by atoms with van der Waals surface area (Å²) < 4.78 is 23.4. The van der Waals surface area contributed by atoms with Crippen molar-refractivity contribution in [2.24, 2.45) is 0 Å². The first kappa shape index (κ1) is 13.1. The Morgan fingerprint density at radius 1 is 1.47 bits per heavy atom. The zero-order chi connectivity index (χ0) is 12.3. The molecule has 0 bridgehead atoms. The average Bonchev–Trinajstić information content (AvgIpc) is 3.11. The second kappa shape index (κ2) is 5.53. The van der Waals surface area contributed by atoms with Crippen molar-refractivity contribution >= 4 is 24.3 Å². The van der Waals surface area contributed by atoms with Crippen LogP contribution in [0.25, 0.3) is 0 Å². The molecule has 0 aliphatic carbocycles. The van der Waals surface area contributed by atoms with Crippen LogP contribution in [0.2, 0.25) is 5.02 Å². The molecule has 3 nitrogen and oxygen atoms in total. The van der Waals surface area contributed by atoms with Crippen molar-refractivity contribution in [3.05, 3.63) is 29.3 Å². The van der Waals surface area contributed by atoms with Crippen LogP contribution in [0.4, 0.5) is 0 Å². The third kappa shape index (κ3) is 3.56. The van der Waals surface area contributed by atoms with E-state index in [0.717, 1.165) is 11.7 Å². The average molecular weight is 275 g/mol. The molecule has 0 aromatic heterocycles. The molecule has 2 unspecified atom stereocenters. The highest BCUT2D eigenvalue weighted by atomic mass is 35.5. The van der Waals surface area contributed by atoms with Gasteiger partial charge < -0.3 is 9.26 Å². The molecule has 0 N–H and O–H groups in total. The lowest BCUT2D eigenvalue weighted by Crippen LogP contribution is -2.12. The van der Waals surface area contributed by atoms with E-state index in [1.54, 1.807) is 24.3 Å². The SMILES string of the molecule is CCCP(=O)(OCC1CO1)c1ccc(Cl)cc1. The monoisotopic (exact) mass is 274 g/mol. The Kier molecular flexibility index (Phi) is 4.26. The van der Waals surface area contributed by atoms with Crippen LogP contribution in [0.15, 0.2) is 24.3 Å². The maximum atomic E-state index is 12.7. The van der Waals surface area contributed by atoms with Gasteiger partial charge in [-0.3, -0.25) is 4.57 Å². The Morgan fingerprint density at radius 3 is 2.65 bits per heavy atom. The van der Waals surface area contributed by atoms with Crippen molar-refractivity contribution in [1.29, 1.82) is 0 Å². The summed E-state index contributed by atoms with van der Waals surface area (Å²) >= 11 is 5.83. The number of halogens is 1. The molecule has 17 heavy (non-hydrogen) atoms.